The summed E-state index contributed by atoms with van der Waals surface area (Å²) in [5, 5.41) is 9.63. The van der Waals surface area contributed by atoms with Crippen LogP contribution in [0.1, 0.15) is 32.6 Å². The van der Waals surface area contributed by atoms with Gasteiger partial charge in [0.05, 0.1) is 18.6 Å². The van der Waals surface area contributed by atoms with Crippen LogP contribution in [0.5, 0.6) is 0 Å². The summed E-state index contributed by atoms with van der Waals surface area (Å²) in [5.74, 6) is 2.14. The quantitative estimate of drug-likeness (QED) is 0.677. The summed E-state index contributed by atoms with van der Waals surface area (Å²) in [7, 11) is 1.73. The predicted molar refractivity (Wildman–Crippen MR) is 64.9 cm³/mol. The fourth-order valence-corrected chi connectivity index (χ4v) is 3.60. The molecule has 0 aromatic rings. The van der Waals surface area contributed by atoms with Gasteiger partial charge in [-0.3, -0.25) is 0 Å². The smallest absolute Gasteiger partial charge is 0.0667 e. The number of ether oxygens (including phenoxy) is 1. The first-order valence-corrected chi connectivity index (χ1v) is 6.86. The van der Waals surface area contributed by atoms with Crippen molar-refractivity contribution in [1.82, 2.24) is 0 Å². The molecule has 0 amide bonds. The molecular weight excluding hydrogens is 206 g/mol. The molecule has 0 aromatic heterocycles. The number of hydrogen-bond acceptors (Lipinski definition) is 3. The van der Waals surface area contributed by atoms with Crippen molar-refractivity contribution in [2.45, 2.75) is 37.9 Å². The second-order valence-corrected chi connectivity index (χ2v) is 5.57. The van der Waals surface area contributed by atoms with Crippen LogP contribution in [0, 0.1) is 23.2 Å². The third-order valence-electron chi connectivity index (χ3n) is 3.26. The zero-order chi connectivity index (χ0) is 11.1. The maximum absolute atomic E-state index is 9.08. The fourth-order valence-electron chi connectivity index (χ4n) is 2.20. The number of rotatable bonds is 5. The average molecular weight is 227 g/mol. The molecule has 0 aromatic carbocycles. The van der Waals surface area contributed by atoms with Crippen molar-refractivity contribution in [2.75, 3.05) is 19.5 Å². The van der Waals surface area contributed by atoms with Crippen LogP contribution >= 0.6 is 11.8 Å². The molecular formula is C12H21NOS. The summed E-state index contributed by atoms with van der Waals surface area (Å²) in [6, 6.07) is 2.46. The largest absolute Gasteiger partial charge is 0.384 e. The highest BCUT2D eigenvalue weighted by Gasteiger charge is 2.29. The monoisotopic (exact) mass is 227 g/mol. The lowest BCUT2D eigenvalue weighted by molar-refractivity contribution is 0.218. The van der Waals surface area contributed by atoms with Gasteiger partial charge in [0.15, 0.2) is 0 Å². The highest BCUT2D eigenvalue weighted by atomic mass is 32.2. The van der Waals surface area contributed by atoms with E-state index in [4.69, 9.17) is 10.00 Å². The minimum Gasteiger partial charge on any atom is -0.384 e. The predicted octanol–water partition coefficient (Wildman–Crippen LogP) is 3.08. The van der Waals surface area contributed by atoms with Gasteiger partial charge in [-0.2, -0.15) is 17.0 Å². The van der Waals surface area contributed by atoms with E-state index >= 15 is 0 Å². The highest BCUT2D eigenvalue weighted by Crippen LogP contribution is 2.37. The lowest BCUT2D eigenvalue weighted by atomic mass is 9.81. The Kier molecular flexibility index (Phi) is 6.12. The summed E-state index contributed by atoms with van der Waals surface area (Å²) in [4.78, 5) is 0. The molecule has 0 radical (unpaired) electrons. The molecule has 1 saturated carbocycles. The number of nitriles is 1. The lowest BCUT2D eigenvalue weighted by Gasteiger charge is -2.31. The molecule has 1 rings (SSSR count). The molecule has 1 fully saturated rings. The summed E-state index contributed by atoms with van der Waals surface area (Å²) in [6.07, 6.45) is 4.83. The summed E-state index contributed by atoms with van der Waals surface area (Å²) in [5.41, 5.74) is 0. The first kappa shape index (κ1) is 12.9. The molecule has 1 aliphatic carbocycles. The molecule has 2 nitrogen and oxygen atoms in total. The van der Waals surface area contributed by atoms with Crippen LogP contribution in [0.25, 0.3) is 0 Å². The topological polar surface area (TPSA) is 33.0 Å². The third-order valence-corrected chi connectivity index (χ3v) is 4.61. The second kappa shape index (κ2) is 7.14. The van der Waals surface area contributed by atoms with Gasteiger partial charge >= 0.3 is 0 Å². The van der Waals surface area contributed by atoms with Crippen molar-refractivity contribution in [3.63, 3.8) is 0 Å². The maximum Gasteiger partial charge on any atom is 0.0667 e. The first-order chi connectivity index (χ1) is 7.31. The van der Waals surface area contributed by atoms with Crippen LogP contribution < -0.4 is 0 Å². The molecule has 3 heteroatoms. The minimum absolute atomic E-state index is 0.273. The van der Waals surface area contributed by atoms with Crippen molar-refractivity contribution in [2.24, 2.45) is 11.8 Å². The maximum atomic E-state index is 9.08. The van der Waals surface area contributed by atoms with Crippen LogP contribution in [-0.4, -0.2) is 24.7 Å². The lowest BCUT2D eigenvalue weighted by Crippen LogP contribution is -2.26. The highest BCUT2D eigenvalue weighted by molar-refractivity contribution is 7.99. The zero-order valence-corrected chi connectivity index (χ0v) is 10.6. The number of thioether (sulfide) groups is 1. The van der Waals surface area contributed by atoms with Crippen molar-refractivity contribution in [3.8, 4) is 6.07 Å². The van der Waals surface area contributed by atoms with E-state index in [0.717, 1.165) is 24.7 Å². The van der Waals surface area contributed by atoms with Crippen molar-refractivity contribution >= 4 is 11.8 Å². The van der Waals surface area contributed by atoms with E-state index < -0.39 is 0 Å². The normalized spacial score (nSPS) is 31.1. The summed E-state index contributed by atoms with van der Waals surface area (Å²) in [6.45, 7) is 3.06. The Morgan fingerprint density at radius 2 is 2.27 bits per heavy atom. The Balaban J connectivity index is 2.38. The van der Waals surface area contributed by atoms with Gasteiger partial charge in [-0.1, -0.05) is 13.3 Å². The molecule has 0 bridgehead atoms. The number of nitrogens with zero attached hydrogens (tertiary/aromatic N) is 1. The van der Waals surface area contributed by atoms with Gasteiger partial charge in [0.1, 0.15) is 0 Å². The Hall–Kier alpha value is -0.200. The van der Waals surface area contributed by atoms with Gasteiger partial charge in [-0.25, -0.2) is 0 Å². The van der Waals surface area contributed by atoms with E-state index in [0.29, 0.717) is 5.25 Å². The summed E-state index contributed by atoms with van der Waals surface area (Å²) < 4.78 is 5.05. The second-order valence-electron chi connectivity index (χ2n) is 4.22. The van der Waals surface area contributed by atoms with E-state index in [1.54, 1.807) is 7.11 Å². The molecule has 3 unspecified atom stereocenters. The Morgan fingerprint density at radius 3 is 2.87 bits per heavy atom. The van der Waals surface area contributed by atoms with E-state index in [1.165, 1.54) is 19.3 Å². The zero-order valence-electron chi connectivity index (χ0n) is 9.74. The van der Waals surface area contributed by atoms with Gasteiger partial charge in [0.2, 0.25) is 0 Å². The van der Waals surface area contributed by atoms with E-state index in [9.17, 15) is 0 Å². The molecule has 1 aliphatic rings. The van der Waals surface area contributed by atoms with E-state index in [1.807, 2.05) is 11.8 Å². The Labute approximate surface area is 97.4 Å². The van der Waals surface area contributed by atoms with Crippen LogP contribution in [0.15, 0.2) is 0 Å². The van der Waals surface area contributed by atoms with Crippen LogP contribution in [0.3, 0.4) is 0 Å². The van der Waals surface area contributed by atoms with Crippen molar-refractivity contribution in [3.05, 3.63) is 0 Å². The molecule has 0 aliphatic heterocycles. The molecule has 86 valence electrons. The van der Waals surface area contributed by atoms with Gasteiger partial charge < -0.3 is 4.74 Å². The third kappa shape index (κ3) is 4.04. The molecule has 0 saturated heterocycles. The molecule has 3 atom stereocenters. The first-order valence-electron chi connectivity index (χ1n) is 5.82. The average Bonchev–Trinajstić information content (AvgIpc) is 2.29. The number of hydrogen-bond donors (Lipinski definition) is 0. The van der Waals surface area contributed by atoms with Crippen LogP contribution in [-0.2, 0) is 4.74 Å². The fraction of sp³-hybridized carbons (Fsp3) is 0.917. The van der Waals surface area contributed by atoms with Gasteiger partial charge in [0, 0.05) is 18.1 Å². The van der Waals surface area contributed by atoms with Crippen molar-refractivity contribution < 1.29 is 4.74 Å². The van der Waals surface area contributed by atoms with Crippen LogP contribution in [0.4, 0.5) is 0 Å². The molecule has 0 spiro atoms. The van der Waals surface area contributed by atoms with Crippen LogP contribution in [0.2, 0.25) is 0 Å². The minimum atomic E-state index is 0.273. The van der Waals surface area contributed by atoms with E-state index in [-0.39, 0.29) is 5.92 Å². The Bertz CT molecular complexity index is 214. The van der Waals surface area contributed by atoms with Gasteiger partial charge in [-0.15, -0.1) is 0 Å². The standard InChI is InChI=1S/C12H21NOS/c1-3-10-4-5-11(9-13)12(8-10)15-7-6-14-2/h10-12H,3-8H2,1-2H3. The molecule has 15 heavy (non-hydrogen) atoms. The van der Waals surface area contributed by atoms with Gasteiger partial charge in [0.25, 0.3) is 0 Å². The molecule has 0 heterocycles. The van der Waals surface area contributed by atoms with Gasteiger partial charge in [-0.05, 0) is 25.2 Å². The summed E-state index contributed by atoms with van der Waals surface area (Å²) >= 11 is 1.93. The number of methoxy groups -OCH3 is 1. The van der Waals surface area contributed by atoms with Crippen molar-refractivity contribution in [1.29, 1.82) is 5.26 Å². The SMILES string of the molecule is CCC1CCC(C#N)C(SCCOC)C1. The van der Waals surface area contributed by atoms with E-state index in [2.05, 4.69) is 13.0 Å². The Morgan fingerprint density at radius 1 is 1.47 bits per heavy atom. The molecule has 0 N–H and O–H groups in total.